The maximum absolute atomic E-state index is 13.5. The van der Waals surface area contributed by atoms with Crippen LogP contribution in [0.3, 0.4) is 0 Å². The van der Waals surface area contributed by atoms with E-state index in [2.05, 4.69) is 20.9 Å². The Kier molecular flexibility index (Phi) is 3.75. The standard InChI is InChI=1S/C12H7BrF2N2O2/c13-7-3-8(14)11(15)9(4-7)19-10-2-1-6(5-17-10)12(16)18/h1-5H,(H2,16,18). The van der Waals surface area contributed by atoms with Crippen molar-refractivity contribution in [3.63, 3.8) is 0 Å². The molecule has 0 bridgehead atoms. The molecule has 4 nitrogen and oxygen atoms in total. The van der Waals surface area contributed by atoms with Gasteiger partial charge in [-0.1, -0.05) is 15.9 Å². The monoisotopic (exact) mass is 328 g/mol. The van der Waals surface area contributed by atoms with Crippen LogP contribution >= 0.6 is 15.9 Å². The van der Waals surface area contributed by atoms with E-state index in [-0.39, 0.29) is 17.2 Å². The smallest absolute Gasteiger partial charge is 0.250 e. The molecule has 0 aliphatic carbocycles. The lowest BCUT2D eigenvalue weighted by Crippen LogP contribution is -2.10. The van der Waals surface area contributed by atoms with Crippen LogP contribution in [0.5, 0.6) is 11.6 Å². The fraction of sp³-hybridized carbons (Fsp3) is 0. The summed E-state index contributed by atoms with van der Waals surface area (Å²) in [5.74, 6) is -3.10. The number of amides is 1. The fourth-order valence-electron chi connectivity index (χ4n) is 1.31. The average molecular weight is 329 g/mol. The van der Waals surface area contributed by atoms with Gasteiger partial charge in [0, 0.05) is 16.7 Å². The van der Waals surface area contributed by atoms with E-state index < -0.39 is 17.5 Å². The first-order chi connectivity index (χ1) is 8.97. The SMILES string of the molecule is NC(=O)c1ccc(Oc2cc(Br)cc(F)c2F)nc1. The highest BCUT2D eigenvalue weighted by Gasteiger charge is 2.13. The van der Waals surface area contributed by atoms with E-state index >= 15 is 0 Å². The third-order valence-electron chi connectivity index (χ3n) is 2.19. The van der Waals surface area contributed by atoms with E-state index in [1.807, 2.05) is 0 Å². The molecule has 0 aliphatic rings. The van der Waals surface area contributed by atoms with Crippen molar-refractivity contribution in [3.8, 4) is 11.6 Å². The van der Waals surface area contributed by atoms with Gasteiger partial charge in [0.25, 0.3) is 0 Å². The summed E-state index contributed by atoms with van der Waals surface area (Å²) < 4.78 is 32.0. The van der Waals surface area contributed by atoms with Crippen LogP contribution in [0.1, 0.15) is 10.4 Å². The van der Waals surface area contributed by atoms with E-state index in [1.54, 1.807) is 0 Å². The lowest BCUT2D eigenvalue weighted by molar-refractivity contribution is 0.1000. The second-order valence-electron chi connectivity index (χ2n) is 3.55. The summed E-state index contributed by atoms with van der Waals surface area (Å²) in [6, 6.07) is 4.95. The van der Waals surface area contributed by atoms with E-state index in [1.165, 1.54) is 24.4 Å². The molecule has 7 heteroatoms. The molecule has 0 aliphatic heterocycles. The highest BCUT2D eigenvalue weighted by molar-refractivity contribution is 9.10. The number of ether oxygens (including phenoxy) is 1. The molecule has 19 heavy (non-hydrogen) atoms. The largest absolute Gasteiger partial charge is 0.436 e. The minimum atomic E-state index is -1.12. The van der Waals surface area contributed by atoms with Crippen molar-refractivity contribution < 1.29 is 18.3 Å². The molecule has 0 radical (unpaired) electrons. The molecular formula is C12H7BrF2N2O2. The van der Waals surface area contributed by atoms with Gasteiger partial charge in [-0.15, -0.1) is 0 Å². The molecule has 2 aromatic rings. The zero-order chi connectivity index (χ0) is 14.0. The molecule has 1 aromatic carbocycles. The number of primary amides is 1. The Bertz CT molecular complexity index is 632. The lowest BCUT2D eigenvalue weighted by Gasteiger charge is -2.07. The van der Waals surface area contributed by atoms with E-state index in [0.29, 0.717) is 4.47 Å². The number of rotatable bonds is 3. The molecule has 1 heterocycles. The minimum absolute atomic E-state index is 0.0152. The summed E-state index contributed by atoms with van der Waals surface area (Å²) >= 11 is 3.02. The third kappa shape index (κ3) is 3.05. The van der Waals surface area contributed by atoms with Gasteiger partial charge in [-0.05, 0) is 18.2 Å². The third-order valence-corrected chi connectivity index (χ3v) is 2.65. The Morgan fingerprint density at radius 2 is 2.05 bits per heavy atom. The normalized spacial score (nSPS) is 10.3. The Labute approximate surface area is 115 Å². The number of nitrogens with two attached hydrogens (primary N) is 1. The number of nitrogens with zero attached hydrogens (tertiary/aromatic N) is 1. The van der Waals surface area contributed by atoms with Crippen LogP contribution in [0.15, 0.2) is 34.9 Å². The van der Waals surface area contributed by atoms with Crippen LogP contribution in [-0.2, 0) is 0 Å². The molecule has 0 fully saturated rings. The van der Waals surface area contributed by atoms with Gasteiger partial charge in [0.2, 0.25) is 17.6 Å². The molecule has 98 valence electrons. The predicted octanol–water partition coefficient (Wildman–Crippen LogP) is 3.01. The second-order valence-corrected chi connectivity index (χ2v) is 4.47. The number of halogens is 3. The Hall–Kier alpha value is -2.02. The number of aromatic nitrogens is 1. The first-order valence-electron chi connectivity index (χ1n) is 5.05. The molecule has 0 saturated carbocycles. The first kappa shape index (κ1) is 13.4. The van der Waals surface area contributed by atoms with Gasteiger partial charge in [-0.25, -0.2) is 9.37 Å². The van der Waals surface area contributed by atoms with Crippen molar-refractivity contribution in [2.24, 2.45) is 5.73 Å². The quantitative estimate of drug-likeness (QED) is 0.881. The van der Waals surface area contributed by atoms with Crippen LogP contribution < -0.4 is 10.5 Å². The zero-order valence-electron chi connectivity index (χ0n) is 9.36. The molecule has 1 aromatic heterocycles. The number of hydrogen-bond donors (Lipinski definition) is 1. The lowest BCUT2D eigenvalue weighted by atomic mass is 10.3. The zero-order valence-corrected chi connectivity index (χ0v) is 10.9. The van der Waals surface area contributed by atoms with Crippen molar-refractivity contribution in [2.75, 3.05) is 0 Å². The molecule has 0 unspecified atom stereocenters. The molecule has 2 rings (SSSR count). The number of carbonyl (C=O) groups excluding carboxylic acids is 1. The Morgan fingerprint density at radius 1 is 1.32 bits per heavy atom. The van der Waals surface area contributed by atoms with Gasteiger partial charge in [-0.2, -0.15) is 4.39 Å². The highest BCUT2D eigenvalue weighted by atomic mass is 79.9. The number of hydrogen-bond acceptors (Lipinski definition) is 3. The van der Waals surface area contributed by atoms with Gasteiger partial charge >= 0.3 is 0 Å². The summed E-state index contributed by atoms with van der Waals surface area (Å²) in [6.45, 7) is 0. The first-order valence-corrected chi connectivity index (χ1v) is 5.85. The highest BCUT2D eigenvalue weighted by Crippen LogP contribution is 2.28. The van der Waals surface area contributed by atoms with Crippen LogP contribution in [0, 0.1) is 11.6 Å². The van der Waals surface area contributed by atoms with Crippen molar-refractivity contribution in [1.29, 1.82) is 0 Å². The second kappa shape index (κ2) is 5.31. The maximum Gasteiger partial charge on any atom is 0.250 e. The van der Waals surface area contributed by atoms with Gasteiger partial charge in [0.15, 0.2) is 11.6 Å². The van der Waals surface area contributed by atoms with Crippen LogP contribution in [-0.4, -0.2) is 10.9 Å². The van der Waals surface area contributed by atoms with Crippen molar-refractivity contribution in [2.45, 2.75) is 0 Å². The van der Waals surface area contributed by atoms with E-state index in [4.69, 9.17) is 10.5 Å². The van der Waals surface area contributed by atoms with Gasteiger partial charge in [-0.3, -0.25) is 4.79 Å². The van der Waals surface area contributed by atoms with Crippen LogP contribution in [0.25, 0.3) is 0 Å². The minimum Gasteiger partial charge on any atom is -0.436 e. The number of carbonyl (C=O) groups is 1. The Morgan fingerprint density at radius 3 is 2.63 bits per heavy atom. The molecule has 0 spiro atoms. The molecular weight excluding hydrogens is 322 g/mol. The Balaban J connectivity index is 2.28. The maximum atomic E-state index is 13.5. The molecule has 0 saturated heterocycles. The predicted molar refractivity (Wildman–Crippen MR) is 66.9 cm³/mol. The van der Waals surface area contributed by atoms with Gasteiger partial charge in [0.1, 0.15) is 0 Å². The van der Waals surface area contributed by atoms with Crippen LogP contribution in [0.4, 0.5) is 8.78 Å². The van der Waals surface area contributed by atoms with E-state index in [9.17, 15) is 13.6 Å². The summed E-state index contributed by atoms with van der Waals surface area (Å²) in [5.41, 5.74) is 5.23. The van der Waals surface area contributed by atoms with Crippen molar-refractivity contribution in [1.82, 2.24) is 4.98 Å². The van der Waals surface area contributed by atoms with Gasteiger partial charge in [0.05, 0.1) is 5.56 Å². The summed E-state index contributed by atoms with van der Waals surface area (Å²) in [4.78, 5) is 14.6. The molecule has 2 N–H and O–H groups in total. The molecule has 1 amide bonds. The summed E-state index contributed by atoms with van der Waals surface area (Å²) in [7, 11) is 0. The molecule has 0 atom stereocenters. The summed E-state index contributed by atoms with van der Waals surface area (Å²) in [6.07, 6.45) is 1.18. The van der Waals surface area contributed by atoms with E-state index in [0.717, 1.165) is 6.07 Å². The van der Waals surface area contributed by atoms with Crippen molar-refractivity contribution in [3.05, 3.63) is 52.1 Å². The number of benzene rings is 1. The number of pyridine rings is 1. The topological polar surface area (TPSA) is 65.2 Å². The average Bonchev–Trinajstić information content (AvgIpc) is 2.36. The van der Waals surface area contributed by atoms with Crippen molar-refractivity contribution >= 4 is 21.8 Å². The fourth-order valence-corrected chi connectivity index (χ4v) is 1.71. The van der Waals surface area contributed by atoms with Gasteiger partial charge < -0.3 is 10.5 Å². The summed E-state index contributed by atoms with van der Waals surface area (Å²) in [5, 5.41) is 0. The van der Waals surface area contributed by atoms with Crippen LogP contribution in [0.2, 0.25) is 0 Å².